The molecule has 3 N–H and O–H groups in total. The average molecular weight is 267 g/mol. The number of primary amides is 1. The van der Waals surface area contributed by atoms with Gasteiger partial charge >= 0.3 is 0 Å². The zero-order valence-corrected chi connectivity index (χ0v) is 11.6. The number of amides is 1. The predicted octanol–water partition coefficient (Wildman–Crippen LogP) is 1.42. The summed E-state index contributed by atoms with van der Waals surface area (Å²) in [6.07, 6.45) is 2.51. The first-order valence-electron chi connectivity index (χ1n) is 6.52. The van der Waals surface area contributed by atoms with E-state index in [0.29, 0.717) is 11.6 Å². The van der Waals surface area contributed by atoms with Gasteiger partial charge in [-0.15, -0.1) is 11.3 Å². The van der Waals surface area contributed by atoms with E-state index in [0.717, 1.165) is 19.6 Å². The van der Waals surface area contributed by atoms with E-state index in [1.807, 2.05) is 11.4 Å². The SMILES string of the molecule is CCN1CCCC(NCc2cc(C(N)=O)cs2)C1. The molecule has 0 radical (unpaired) electrons. The molecule has 0 bridgehead atoms. The van der Waals surface area contributed by atoms with Crippen molar-refractivity contribution in [1.82, 2.24) is 10.2 Å². The second kappa shape index (κ2) is 6.31. The van der Waals surface area contributed by atoms with E-state index in [1.54, 1.807) is 11.3 Å². The fourth-order valence-corrected chi connectivity index (χ4v) is 3.18. The lowest BCUT2D eigenvalue weighted by atomic mass is 10.1. The third kappa shape index (κ3) is 3.54. The zero-order chi connectivity index (χ0) is 13.0. The van der Waals surface area contributed by atoms with Crippen molar-refractivity contribution in [3.8, 4) is 0 Å². The molecular weight excluding hydrogens is 246 g/mol. The second-order valence-corrected chi connectivity index (χ2v) is 5.78. The van der Waals surface area contributed by atoms with Crippen LogP contribution in [-0.4, -0.2) is 36.5 Å². The standard InChI is InChI=1S/C13H21N3OS/c1-2-16-5-3-4-11(8-16)15-7-12-6-10(9-18-12)13(14)17/h6,9,11,15H,2-5,7-8H2,1H3,(H2,14,17). The lowest BCUT2D eigenvalue weighted by Gasteiger charge is -2.32. The van der Waals surface area contributed by atoms with E-state index < -0.39 is 0 Å². The highest BCUT2D eigenvalue weighted by atomic mass is 32.1. The molecule has 5 heteroatoms. The van der Waals surface area contributed by atoms with Gasteiger partial charge in [-0.3, -0.25) is 4.79 Å². The van der Waals surface area contributed by atoms with Crippen LogP contribution in [0.2, 0.25) is 0 Å². The van der Waals surface area contributed by atoms with Crippen molar-refractivity contribution in [1.29, 1.82) is 0 Å². The molecular formula is C13H21N3OS. The van der Waals surface area contributed by atoms with Gasteiger partial charge in [0.15, 0.2) is 0 Å². The molecule has 1 amide bonds. The highest BCUT2D eigenvalue weighted by Gasteiger charge is 2.18. The molecule has 2 rings (SSSR count). The number of nitrogens with two attached hydrogens (primary N) is 1. The van der Waals surface area contributed by atoms with Crippen molar-refractivity contribution in [3.05, 3.63) is 21.9 Å². The molecule has 1 aromatic heterocycles. The van der Waals surface area contributed by atoms with Crippen LogP contribution < -0.4 is 11.1 Å². The van der Waals surface area contributed by atoms with Gasteiger partial charge in [-0.2, -0.15) is 0 Å². The summed E-state index contributed by atoms with van der Waals surface area (Å²) in [6.45, 7) is 6.52. The van der Waals surface area contributed by atoms with E-state index in [9.17, 15) is 4.79 Å². The summed E-state index contributed by atoms with van der Waals surface area (Å²) in [7, 11) is 0. The van der Waals surface area contributed by atoms with Crippen LogP contribution in [0.1, 0.15) is 35.0 Å². The Morgan fingerprint density at radius 3 is 3.17 bits per heavy atom. The van der Waals surface area contributed by atoms with Crippen LogP contribution >= 0.6 is 11.3 Å². The lowest BCUT2D eigenvalue weighted by molar-refractivity contribution is 0.100. The third-order valence-electron chi connectivity index (χ3n) is 3.46. The highest BCUT2D eigenvalue weighted by Crippen LogP contribution is 2.15. The topological polar surface area (TPSA) is 58.4 Å². The van der Waals surface area contributed by atoms with Gasteiger partial charge in [0, 0.05) is 29.4 Å². The number of nitrogens with one attached hydrogen (secondary N) is 1. The summed E-state index contributed by atoms with van der Waals surface area (Å²) >= 11 is 1.60. The second-order valence-electron chi connectivity index (χ2n) is 4.78. The number of nitrogens with zero attached hydrogens (tertiary/aromatic N) is 1. The first-order valence-corrected chi connectivity index (χ1v) is 7.40. The summed E-state index contributed by atoms with van der Waals surface area (Å²) in [4.78, 5) is 14.7. The molecule has 18 heavy (non-hydrogen) atoms. The van der Waals surface area contributed by atoms with Gasteiger partial charge in [0.1, 0.15) is 0 Å². The van der Waals surface area contributed by atoms with Gasteiger partial charge in [-0.25, -0.2) is 0 Å². The van der Waals surface area contributed by atoms with E-state index >= 15 is 0 Å². The molecule has 1 saturated heterocycles. The van der Waals surface area contributed by atoms with Crippen molar-refractivity contribution in [3.63, 3.8) is 0 Å². The molecule has 0 aromatic carbocycles. The van der Waals surface area contributed by atoms with Crippen LogP contribution in [0.3, 0.4) is 0 Å². The molecule has 1 aliphatic rings. The number of piperidine rings is 1. The Labute approximate surface area is 112 Å². The number of thiophene rings is 1. The minimum absolute atomic E-state index is 0.340. The Morgan fingerprint density at radius 1 is 1.67 bits per heavy atom. The summed E-state index contributed by atoms with van der Waals surface area (Å²) < 4.78 is 0. The van der Waals surface area contributed by atoms with Gasteiger partial charge in [0.05, 0.1) is 5.56 Å². The van der Waals surface area contributed by atoms with Crippen LogP contribution in [-0.2, 0) is 6.54 Å². The number of likely N-dealkylation sites (tertiary alicyclic amines) is 1. The van der Waals surface area contributed by atoms with Gasteiger partial charge in [0.2, 0.25) is 5.91 Å². The predicted molar refractivity (Wildman–Crippen MR) is 74.8 cm³/mol. The fraction of sp³-hybridized carbons (Fsp3) is 0.615. The monoisotopic (exact) mass is 267 g/mol. The molecule has 1 atom stereocenters. The molecule has 1 aromatic rings. The van der Waals surface area contributed by atoms with Crippen molar-refractivity contribution in [2.24, 2.45) is 5.73 Å². The maximum absolute atomic E-state index is 11.0. The summed E-state index contributed by atoms with van der Waals surface area (Å²) in [5.74, 6) is -0.340. The molecule has 0 spiro atoms. The third-order valence-corrected chi connectivity index (χ3v) is 4.39. The van der Waals surface area contributed by atoms with Crippen molar-refractivity contribution in [2.45, 2.75) is 32.4 Å². The molecule has 1 aliphatic heterocycles. The number of rotatable bonds is 5. The molecule has 0 saturated carbocycles. The number of carbonyl (C=O) groups is 1. The quantitative estimate of drug-likeness (QED) is 0.848. The average Bonchev–Trinajstić information content (AvgIpc) is 2.85. The lowest BCUT2D eigenvalue weighted by Crippen LogP contribution is -2.45. The number of hydrogen-bond acceptors (Lipinski definition) is 4. The van der Waals surface area contributed by atoms with Crippen LogP contribution in [0, 0.1) is 0 Å². The molecule has 100 valence electrons. The minimum Gasteiger partial charge on any atom is -0.366 e. The van der Waals surface area contributed by atoms with Gasteiger partial charge in [-0.1, -0.05) is 6.92 Å². The summed E-state index contributed by atoms with van der Waals surface area (Å²) in [5, 5.41) is 5.40. The summed E-state index contributed by atoms with van der Waals surface area (Å²) in [6, 6.07) is 2.46. The smallest absolute Gasteiger partial charge is 0.249 e. The van der Waals surface area contributed by atoms with Crippen LogP contribution in [0.4, 0.5) is 0 Å². The first kappa shape index (κ1) is 13.5. The number of carbonyl (C=O) groups excluding carboxylic acids is 1. The normalized spacial score (nSPS) is 21.1. The Balaban J connectivity index is 1.81. The number of likely N-dealkylation sites (N-methyl/N-ethyl adjacent to an activating group) is 1. The van der Waals surface area contributed by atoms with E-state index in [-0.39, 0.29) is 5.91 Å². The van der Waals surface area contributed by atoms with E-state index in [4.69, 9.17) is 5.73 Å². The Morgan fingerprint density at radius 2 is 2.50 bits per heavy atom. The maximum Gasteiger partial charge on any atom is 0.249 e. The van der Waals surface area contributed by atoms with Crippen molar-refractivity contribution < 1.29 is 4.79 Å². The fourth-order valence-electron chi connectivity index (χ4n) is 2.36. The van der Waals surface area contributed by atoms with E-state index in [1.165, 1.54) is 24.3 Å². The first-order chi connectivity index (χ1) is 8.69. The van der Waals surface area contributed by atoms with Gasteiger partial charge in [-0.05, 0) is 32.0 Å². The minimum atomic E-state index is -0.340. The maximum atomic E-state index is 11.0. The Bertz CT molecular complexity index is 405. The van der Waals surface area contributed by atoms with Crippen LogP contribution in [0.15, 0.2) is 11.4 Å². The molecule has 2 heterocycles. The summed E-state index contributed by atoms with van der Waals surface area (Å²) in [5.41, 5.74) is 5.86. The molecule has 1 fully saturated rings. The molecule has 0 aliphatic carbocycles. The number of hydrogen-bond donors (Lipinski definition) is 2. The van der Waals surface area contributed by atoms with Crippen molar-refractivity contribution >= 4 is 17.2 Å². The van der Waals surface area contributed by atoms with Crippen molar-refractivity contribution in [2.75, 3.05) is 19.6 Å². The van der Waals surface area contributed by atoms with Gasteiger partial charge in [0.25, 0.3) is 0 Å². The zero-order valence-electron chi connectivity index (χ0n) is 10.8. The van der Waals surface area contributed by atoms with E-state index in [2.05, 4.69) is 17.1 Å². The van der Waals surface area contributed by atoms with Crippen LogP contribution in [0.5, 0.6) is 0 Å². The Hall–Kier alpha value is -0.910. The van der Waals surface area contributed by atoms with Crippen LogP contribution in [0.25, 0.3) is 0 Å². The highest BCUT2D eigenvalue weighted by molar-refractivity contribution is 7.10. The molecule has 4 nitrogen and oxygen atoms in total. The largest absolute Gasteiger partial charge is 0.366 e. The Kier molecular flexibility index (Phi) is 4.74. The van der Waals surface area contributed by atoms with Gasteiger partial charge < -0.3 is 16.0 Å². The molecule has 1 unspecified atom stereocenters.